The molecule has 0 spiro atoms. The number of nitrogens with zero attached hydrogens (tertiary/aromatic N) is 1. The Kier molecular flexibility index (Phi) is 10.2. The van der Waals surface area contributed by atoms with Gasteiger partial charge in [-0.15, -0.1) is 0 Å². The Balaban J connectivity index is 2.10. The lowest BCUT2D eigenvalue weighted by Crippen LogP contribution is -2.38. The van der Waals surface area contributed by atoms with Crippen LogP contribution in [0.15, 0.2) is 29.3 Å². The molecule has 0 aromatic heterocycles. The molecule has 0 aliphatic heterocycles. The van der Waals surface area contributed by atoms with Gasteiger partial charge < -0.3 is 10.6 Å². The third-order valence-corrected chi connectivity index (χ3v) is 4.09. The minimum Gasteiger partial charge on any atom is -0.356 e. The molecule has 0 atom stereocenters. The summed E-state index contributed by atoms with van der Waals surface area (Å²) in [5.74, 6) is 2.13. The Morgan fingerprint density at radius 2 is 1.76 bits per heavy atom. The molecule has 0 bridgehead atoms. The van der Waals surface area contributed by atoms with Crippen LogP contribution in [0.3, 0.4) is 0 Å². The van der Waals surface area contributed by atoms with Crippen LogP contribution in [0.1, 0.15) is 24.8 Å². The third kappa shape index (κ3) is 8.89. The maximum Gasteiger partial charge on any atom is 0.190 e. The molecule has 5 heteroatoms. The van der Waals surface area contributed by atoms with Gasteiger partial charge in [-0.2, -0.15) is 11.8 Å². The van der Waals surface area contributed by atoms with Crippen LogP contribution < -0.4 is 10.6 Å². The van der Waals surface area contributed by atoms with E-state index in [2.05, 4.69) is 34.0 Å². The van der Waals surface area contributed by atoms with Gasteiger partial charge in [-0.3, -0.25) is 4.99 Å². The number of nitrogens with one attached hydrogen (secondary N) is 2. The number of unbranched alkanes of at least 4 members (excludes halogenated alkanes) is 1. The summed E-state index contributed by atoms with van der Waals surface area (Å²) >= 11 is 7.78. The zero-order valence-electron chi connectivity index (χ0n) is 13.0. The number of guanidine groups is 1. The SMILES string of the molecule is CN=C(NCCCCSC)NCCCc1ccc(Cl)cc1. The molecule has 0 fully saturated rings. The molecule has 0 radical (unpaired) electrons. The Labute approximate surface area is 138 Å². The van der Waals surface area contributed by atoms with Crippen molar-refractivity contribution in [3.8, 4) is 0 Å². The second-order valence-corrected chi connectivity index (χ2v) is 6.28. The largest absolute Gasteiger partial charge is 0.356 e. The van der Waals surface area contributed by atoms with Crippen molar-refractivity contribution in [1.29, 1.82) is 0 Å². The van der Waals surface area contributed by atoms with Crippen LogP contribution in [0.4, 0.5) is 0 Å². The van der Waals surface area contributed by atoms with Gasteiger partial charge in [-0.1, -0.05) is 23.7 Å². The lowest BCUT2D eigenvalue weighted by molar-refractivity contribution is 0.713. The first-order valence-electron chi connectivity index (χ1n) is 7.44. The van der Waals surface area contributed by atoms with E-state index < -0.39 is 0 Å². The van der Waals surface area contributed by atoms with Gasteiger partial charge in [-0.05, 0) is 55.4 Å². The van der Waals surface area contributed by atoms with E-state index in [-0.39, 0.29) is 0 Å². The van der Waals surface area contributed by atoms with Gasteiger partial charge in [0, 0.05) is 25.2 Å². The lowest BCUT2D eigenvalue weighted by atomic mass is 10.1. The van der Waals surface area contributed by atoms with E-state index in [9.17, 15) is 0 Å². The van der Waals surface area contributed by atoms with Gasteiger partial charge in [-0.25, -0.2) is 0 Å². The van der Waals surface area contributed by atoms with Crippen LogP contribution in [0.5, 0.6) is 0 Å². The van der Waals surface area contributed by atoms with Crippen LogP contribution >= 0.6 is 23.4 Å². The maximum atomic E-state index is 5.88. The minimum atomic E-state index is 0.794. The van der Waals surface area contributed by atoms with Crippen molar-refractivity contribution in [3.05, 3.63) is 34.9 Å². The fraction of sp³-hybridized carbons (Fsp3) is 0.562. The smallest absolute Gasteiger partial charge is 0.190 e. The topological polar surface area (TPSA) is 36.4 Å². The zero-order valence-corrected chi connectivity index (χ0v) is 14.6. The third-order valence-electron chi connectivity index (χ3n) is 3.14. The second-order valence-electron chi connectivity index (χ2n) is 4.86. The Bertz CT molecular complexity index is 406. The predicted molar refractivity (Wildman–Crippen MR) is 96.8 cm³/mol. The lowest BCUT2D eigenvalue weighted by Gasteiger charge is -2.11. The Morgan fingerprint density at radius 1 is 1.10 bits per heavy atom. The summed E-state index contributed by atoms with van der Waals surface area (Å²) in [6.07, 6.45) is 6.71. The highest BCUT2D eigenvalue weighted by Gasteiger charge is 1.98. The fourth-order valence-electron chi connectivity index (χ4n) is 1.95. The summed E-state index contributed by atoms with van der Waals surface area (Å²) in [4.78, 5) is 4.23. The molecule has 21 heavy (non-hydrogen) atoms. The van der Waals surface area contributed by atoms with E-state index in [1.54, 1.807) is 0 Å². The van der Waals surface area contributed by atoms with Crippen LogP contribution in [0.25, 0.3) is 0 Å². The molecule has 0 aliphatic rings. The number of rotatable bonds is 9. The Morgan fingerprint density at radius 3 is 2.38 bits per heavy atom. The van der Waals surface area contributed by atoms with Crippen molar-refractivity contribution in [2.75, 3.05) is 32.1 Å². The summed E-state index contributed by atoms with van der Waals surface area (Å²) in [5.41, 5.74) is 1.32. The van der Waals surface area contributed by atoms with E-state index in [1.165, 1.54) is 24.2 Å². The molecule has 0 saturated heterocycles. The van der Waals surface area contributed by atoms with Crippen LogP contribution in [-0.2, 0) is 6.42 Å². The molecular formula is C16H26ClN3S. The van der Waals surface area contributed by atoms with Gasteiger partial charge in [0.15, 0.2) is 5.96 Å². The average molecular weight is 328 g/mol. The van der Waals surface area contributed by atoms with Crippen LogP contribution in [0.2, 0.25) is 5.02 Å². The van der Waals surface area contributed by atoms with Crippen molar-refractivity contribution < 1.29 is 0 Å². The standard InChI is InChI=1S/C16H26ClN3S/c1-18-16(19-11-3-4-13-21-2)20-12-5-6-14-7-9-15(17)10-8-14/h7-10H,3-6,11-13H2,1-2H3,(H2,18,19,20). The summed E-state index contributed by atoms with van der Waals surface area (Å²) in [5, 5.41) is 7.49. The van der Waals surface area contributed by atoms with E-state index in [0.29, 0.717) is 0 Å². The average Bonchev–Trinajstić information content (AvgIpc) is 2.51. The minimum absolute atomic E-state index is 0.794. The molecule has 1 rings (SSSR count). The first kappa shape index (κ1) is 18.2. The van der Waals surface area contributed by atoms with Crippen molar-refractivity contribution in [2.45, 2.75) is 25.7 Å². The maximum absolute atomic E-state index is 5.88. The number of hydrogen-bond acceptors (Lipinski definition) is 2. The number of aliphatic imine (C=N–C) groups is 1. The monoisotopic (exact) mass is 327 g/mol. The van der Waals surface area contributed by atoms with Crippen LogP contribution in [0, 0.1) is 0 Å². The highest BCUT2D eigenvalue weighted by Crippen LogP contribution is 2.10. The summed E-state index contributed by atoms with van der Waals surface area (Å²) in [6, 6.07) is 8.06. The molecule has 0 saturated carbocycles. The molecule has 3 nitrogen and oxygen atoms in total. The Hall–Kier alpha value is -0.870. The van der Waals surface area contributed by atoms with Gasteiger partial charge in [0.2, 0.25) is 0 Å². The molecular weight excluding hydrogens is 302 g/mol. The molecule has 1 aromatic rings. The number of hydrogen-bond donors (Lipinski definition) is 2. The first-order chi connectivity index (χ1) is 10.3. The normalized spacial score (nSPS) is 11.5. The molecule has 0 amide bonds. The van der Waals surface area contributed by atoms with Crippen LogP contribution in [-0.4, -0.2) is 38.1 Å². The van der Waals surface area contributed by atoms with E-state index in [4.69, 9.17) is 11.6 Å². The van der Waals surface area contributed by atoms with Gasteiger partial charge >= 0.3 is 0 Å². The fourth-order valence-corrected chi connectivity index (χ4v) is 2.57. The van der Waals surface area contributed by atoms with Crippen molar-refractivity contribution in [2.24, 2.45) is 4.99 Å². The first-order valence-corrected chi connectivity index (χ1v) is 9.21. The van der Waals surface area contributed by atoms with Crippen molar-refractivity contribution in [3.63, 3.8) is 0 Å². The highest BCUT2D eigenvalue weighted by molar-refractivity contribution is 7.98. The predicted octanol–water partition coefficient (Wildman–Crippen LogP) is 3.58. The summed E-state index contributed by atoms with van der Waals surface area (Å²) in [6.45, 7) is 1.91. The summed E-state index contributed by atoms with van der Waals surface area (Å²) in [7, 11) is 1.82. The molecule has 0 aliphatic carbocycles. The molecule has 2 N–H and O–H groups in total. The van der Waals surface area contributed by atoms with Gasteiger partial charge in [0.25, 0.3) is 0 Å². The van der Waals surface area contributed by atoms with Crippen molar-refractivity contribution in [1.82, 2.24) is 10.6 Å². The number of thioether (sulfide) groups is 1. The second kappa shape index (κ2) is 11.8. The molecule has 1 aromatic carbocycles. The number of halogens is 1. The van der Waals surface area contributed by atoms with Crippen molar-refractivity contribution >= 4 is 29.3 Å². The quantitative estimate of drug-likeness (QED) is 0.413. The van der Waals surface area contributed by atoms with Gasteiger partial charge in [0.05, 0.1) is 0 Å². The number of aryl methyl sites for hydroxylation is 1. The molecule has 0 heterocycles. The highest BCUT2D eigenvalue weighted by atomic mass is 35.5. The molecule has 0 unspecified atom stereocenters. The molecule has 118 valence electrons. The summed E-state index contributed by atoms with van der Waals surface area (Å²) < 4.78 is 0. The zero-order chi connectivity index (χ0) is 15.3. The van der Waals surface area contributed by atoms with E-state index in [0.717, 1.165) is 36.9 Å². The van der Waals surface area contributed by atoms with Gasteiger partial charge in [0.1, 0.15) is 0 Å². The van der Waals surface area contributed by atoms with E-state index >= 15 is 0 Å². The van der Waals surface area contributed by atoms with E-state index in [1.807, 2.05) is 30.9 Å². The number of benzene rings is 1.